The molecule has 408 valence electrons. The minimum atomic E-state index is -0.785. The lowest BCUT2D eigenvalue weighted by atomic mass is 10.0. The van der Waals surface area contributed by atoms with Crippen molar-refractivity contribution in [3.63, 3.8) is 0 Å². The topological polar surface area (TPSA) is 78.9 Å². The lowest BCUT2D eigenvalue weighted by Gasteiger charge is -2.18. The van der Waals surface area contributed by atoms with E-state index in [2.05, 4.69) is 106 Å². The molecule has 6 nitrogen and oxygen atoms in total. The van der Waals surface area contributed by atoms with Gasteiger partial charge in [-0.05, 0) is 89.9 Å². The lowest BCUT2D eigenvalue weighted by Crippen LogP contribution is -2.30. The number of hydrogen-bond acceptors (Lipinski definition) is 6. The average molecular weight is 990 g/mol. The second-order valence-corrected chi connectivity index (χ2v) is 19.9. The Morgan fingerprint density at radius 1 is 0.296 bits per heavy atom. The molecule has 0 aliphatic rings. The van der Waals surface area contributed by atoms with Crippen molar-refractivity contribution in [2.75, 3.05) is 13.2 Å². The smallest absolute Gasteiger partial charge is 0.306 e. The third kappa shape index (κ3) is 57.4. The van der Waals surface area contributed by atoms with Crippen LogP contribution in [0.5, 0.6) is 0 Å². The first-order valence-corrected chi connectivity index (χ1v) is 30.1. The summed E-state index contributed by atoms with van der Waals surface area (Å²) in [5.41, 5.74) is 0. The molecule has 0 aromatic carbocycles. The van der Waals surface area contributed by atoms with Crippen LogP contribution < -0.4 is 0 Å². The molecule has 0 N–H and O–H groups in total. The molecule has 1 atom stereocenters. The van der Waals surface area contributed by atoms with Gasteiger partial charge in [0.15, 0.2) is 6.10 Å². The van der Waals surface area contributed by atoms with Gasteiger partial charge in [-0.25, -0.2) is 0 Å². The maximum Gasteiger partial charge on any atom is 0.306 e. The van der Waals surface area contributed by atoms with Crippen molar-refractivity contribution in [2.45, 2.75) is 297 Å². The molecular formula is C65H112O6. The fraction of sp³-hybridized carbons (Fsp3) is 0.738. The van der Waals surface area contributed by atoms with Crippen LogP contribution in [0.4, 0.5) is 0 Å². The number of unbranched alkanes of at least 4 members (excludes halogenated alkanes) is 29. The number of rotatable bonds is 54. The van der Waals surface area contributed by atoms with E-state index in [-0.39, 0.29) is 31.1 Å². The van der Waals surface area contributed by atoms with Crippen molar-refractivity contribution in [2.24, 2.45) is 0 Å². The van der Waals surface area contributed by atoms with Crippen molar-refractivity contribution in [3.8, 4) is 0 Å². The van der Waals surface area contributed by atoms with Gasteiger partial charge in [-0.1, -0.05) is 266 Å². The van der Waals surface area contributed by atoms with Gasteiger partial charge in [0.2, 0.25) is 0 Å². The molecule has 0 aliphatic heterocycles. The Labute approximate surface area is 439 Å². The molecule has 0 saturated heterocycles. The van der Waals surface area contributed by atoms with Crippen molar-refractivity contribution >= 4 is 17.9 Å². The Bertz CT molecular complexity index is 1370. The number of carbonyl (C=O) groups is 3. The van der Waals surface area contributed by atoms with Crippen LogP contribution in [0.1, 0.15) is 290 Å². The highest BCUT2D eigenvalue weighted by Crippen LogP contribution is 2.16. The maximum absolute atomic E-state index is 12.9. The molecule has 0 heterocycles. The second kappa shape index (κ2) is 59.2. The first-order valence-electron chi connectivity index (χ1n) is 30.1. The molecule has 0 bridgehead atoms. The zero-order chi connectivity index (χ0) is 51.4. The zero-order valence-electron chi connectivity index (χ0n) is 46.7. The molecule has 0 aliphatic carbocycles. The van der Waals surface area contributed by atoms with Crippen molar-refractivity contribution in [1.82, 2.24) is 0 Å². The van der Waals surface area contributed by atoms with E-state index in [1.807, 2.05) is 0 Å². The van der Waals surface area contributed by atoms with Gasteiger partial charge in [0.1, 0.15) is 13.2 Å². The SMILES string of the molecule is CC/C=C\C/C=C\C/C=C\C/C=C\CCCCCCCCC(=O)OCC(COC(=O)CCCCCCCCCCCCCCCCC)OC(=O)CCCCCCCCCCC/C=C\C/C=C\C/C=C\CC. The molecule has 0 saturated carbocycles. The standard InChI is InChI=1S/C65H112O6/c1-4-7-10-13-16-19-22-25-28-30-32-34-37-40-43-46-49-52-55-58-64(67)70-61-62(60-69-63(66)57-54-51-48-45-42-39-36-27-24-21-18-15-12-9-6-3)71-65(68)59-56-53-50-47-44-41-38-35-33-31-29-26-23-20-17-14-11-8-5-2/h7-8,10-11,16-17,19-20,25-26,28-29,32,34,62H,4-6,9,12-15,18,21-24,27,30-31,33,35-61H2,1-3H3/b10-7-,11-8-,19-16-,20-17-,28-25-,29-26-,34-32-. The Kier molecular flexibility index (Phi) is 56.3. The molecule has 0 fully saturated rings. The first-order chi connectivity index (χ1) is 35.0. The lowest BCUT2D eigenvalue weighted by molar-refractivity contribution is -0.167. The average Bonchev–Trinajstić information content (AvgIpc) is 3.37. The third-order valence-corrected chi connectivity index (χ3v) is 12.9. The zero-order valence-corrected chi connectivity index (χ0v) is 46.7. The highest BCUT2D eigenvalue weighted by Gasteiger charge is 2.19. The number of carbonyl (C=O) groups excluding carboxylic acids is 3. The number of allylic oxidation sites excluding steroid dienone is 14. The van der Waals surface area contributed by atoms with E-state index in [0.717, 1.165) is 109 Å². The molecule has 71 heavy (non-hydrogen) atoms. The monoisotopic (exact) mass is 989 g/mol. The van der Waals surface area contributed by atoms with Crippen LogP contribution in [-0.4, -0.2) is 37.2 Å². The molecule has 0 spiro atoms. The Morgan fingerprint density at radius 2 is 0.549 bits per heavy atom. The highest BCUT2D eigenvalue weighted by atomic mass is 16.6. The van der Waals surface area contributed by atoms with E-state index in [9.17, 15) is 14.4 Å². The number of esters is 3. The molecule has 0 radical (unpaired) electrons. The van der Waals surface area contributed by atoms with E-state index >= 15 is 0 Å². The van der Waals surface area contributed by atoms with Gasteiger partial charge in [0, 0.05) is 19.3 Å². The van der Waals surface area contributed by atoms with Crippen LogP contribution >= 0.6 is 0 Å². The molecule has 1 unspecified atom stereocenters. The van der Waals surface area contributed by atoms with Crippen LogP contribution in [0.3, 0.4) is 0 Å². The fourth-order valence-corrected chi connectivity index (χ4v) is 8.45. The van der Waals surface area contributed by atoms with E-state index < -0.39 is 6.10 Å². The van der Waals surface area contributed by atoms with Crippen LogP contribution in [0.2, 0.25) is 0 Å². The molecule has 0 aromatic rings. The summed E-state index contributed by atoms with van der Waals surface area (Å²) in [6.45, 7) is 6.43. The summed E-state index contributed by atoms with van der Waals surface area (Å²) in [7, 11) is 0. The van der Waals surface area contributed by atoms with Gasteiger partial charge in [0.05, 0.1) is 0 Å². The summed E-state index contributed by atoms with van der Waals surface area (Å²) in [5.74, 6) is -0.890. The van der Waals surface area contributed by atoms with Gasteiger partial charge < -0.3 is 14.2 Å². The largest absolute Gasteiger partial charge is 0.462 e. The van der Waals surface area contributed by atoms with Crippen LogP contribution in [0, 0.1) is 0 Å². The van der Waals surface area contributed by atoms with E-state index in [1.54, 1.807) is 0 Å². The molecule has 0 rings (SSSR count). The number of ether oxygens (including phenoxy) is 3. The fourth-order valence-electron chi connectivity index (χ4n) is 8.45. The first kappa shape index (κ1) is 67.6. The predicted octanol–water partition coefficient (Wildman–Crippen LogP) is 20.3. The normalized spacial score (nSPS) is 12.7. The molecule has 0 amide bonds. The third-order valence-electron chi connectivity index (χ3n) is 12.9. The summed E-state index contributed by atoms with van der Waals surface area (Å²) in [4.78, 5) is 38.3. The molecule has 6 heteroatoms. The van der Waals surface area contributed by atoms with Crippen LogP contribution in [0.15, 0.2) is 85.1 Å². The summed E-state index contributed by atoms with van der Waals surface area (Å²) in [6.07, 6.45) is 77.1. The summed E-state index contributed by atoms with van der Waals surface area (Å²) in [6, 6.07) is 0. The minimum Gasteiger partial charge on any atom is -0.462 e. The van der Waals surface area contributed by atoms with Crippen molar-refractivity contribution in [3.05, 3.63) is 85.1 Å². The van der Waals surface area contributed by atoms with Gasteiger partial charge in [-0.2, -0.15) is 0 Å². The van der Waals surface area contributed by atoms with Gasteiger partial charge in [-0.15, -0.1) is 0 Å². The molecular weight excluding hydrogens is 877 g/mol. The quantitative estimate of drug-likeness (QED) is 0.0261. The van der Waals surface area contributed by atoms with E-state index in [1.165, 1.54) is 141 Å². The van der Waals surface area contributed by atoms with Crippen molar-refractivity contribution < 1.29 is 28.6 Å². The highest BCUT2D eigenvalue weighted by molar-refractivity contribution is 5.71. The van der Waals surface area contributed by atoms with E-state index in [0.29, 0.717) is 19.3 Å². The number of hydrogen-bond donors (Lipinski definition) is 0. The summed E-state index contributed by atoms with van der Waals surface area (Å²) < 4.78 is 16.9. The van der Waals surface area contributed by atoms with Crippen LogP contribution in [0.25, 0.3) is 0 Å². The van der Waals surface area contributed by atoms with Gasteiger partial charge in [0.25, 0.3) is 0 Å². The maximum atomic E-state index is 12.9. The minimum absolute atomic E-state index is 0.0810. The second-order valence-electron chi connectivity index (χ2n) is 19.9. The predicted molar refractivity (Wildman–Crippen MR) is 307 cm³/mol. The summed E-state index contributed by atoms with van der Waals surface area (Å²) >= 11 is 0. The van der Waals surface area contributed by atoms with E-state index in [4.69, 9.17) is 14.2 Å². The van der Waals surface area contributed by atoms with Crippen LogP contribution in [-0.2, 0) is 28.6 Å². The van der Waals surface area contributed by atoms with Crippen molar-refractivity contribution in [1.29, 1.82) is 0 Å². The molecule has 0 aromatic heterocycles. The van der Waals surface area contributed by atoms with Gasteiger partial charge >= 0.3 is 17.9 Å². The summed E-state index contributed by atoms with van der Waals surface area (Å²) in [5, 5.41) is 0. The van der Waals surface area contributed by atoms with Gasteiger partial charge in [-0.3, -0.25) is 14.4 Å². The Morgan fingerprint density at radius 3 is 0.859 bits per heavy atom. The Hall–Kier alpha value is -3.41. The Balaban J connectivity index is 4.40.